The van der Waals surface area contributed by atoms with Gasteiger partial charge >= 0.3 is 5.97 Å². The van der Waals surface area contributed by atoms with Crippen LogP contribution in [0.5, 0.6) is 0 Å². The van der Waals surface area contributed by atoms with Crippen LogP contribution in [0.15, 0.2) is 45.8 Å². The molecule has 0 fully saturated rings. The largest absolute Gasteiger partial charge is 0.452 e. The number of allylic oxidation sites excluding steroid dienone is 1. The second-order valence-electron chi connectivity index (χ2n) is 3.76. The van der Waals surface area contributed by atoms with Gasteiger partial charge in [0, 0.05) is 27.7 Å². The molecular weight excluding hydrogens is 342 g/mol. The normalized spacial score (nSPS) is 10.5. The number of carbonyl (C=O) groups is 2. The third kappa shape index (κ3) is 7.35. The Balaban J connectivity index is 2.13. The Morgan fingerprint density at radius 2 is 2.05 bits per heavy atom. The first kappa shape index (κ1) is 16.8. The number of esters is 1. The van der Waals surface area contributed by atoms with Crippen LogP contribution < -0.4 is 5.32 Å². The minimum absolute atomic E-state index is 0.244. The zero-order valence-electron chi connectivity index (χ0n) is 11.1. The molecule has 0 aliphatic heterocycles. The molecule has 1 amide bonds. The van der Waals surface area contributed by atoms with Crippen LogP contribution in [-0.2, 0) is 14.3 Å². The summed E-state index contributed by atoms with van der Waals surface area (Å²) in [5.41, 5.74) is 0. The first-order valence-electron chi connectivity index (χ1n) is 6.06. The predicted octanol–water partition coefficient (Wildman–Crippen LogP) is 2.78. The van der Waals surface area contributed by atoms with Crippen LogP contribution in [0, 0.1) is 0 Å². The molecule has 0 saturated heterocycles. The fourth-order valence-corrected chi connectivity index (χ4v) is 2.29. The van der Waals surface area contributed by atoms with Crippen molar-refractivity contribution in [2.45, 2.75) is 11.8 Å². The summed E-state index contributed by atoms with van der Waals surface area (Å²) in [4.78, 5) is 23.5. The van der Waals surface area contributed by atoms with Crippen molar-refractivity contribution >= 4 is 39.6 Å². The molecule has 0 aliphatic rings. The Morgan fingerprint density at radius 1 is 1.35 bits per heavy atom. The molecular formula is C14H16BrNO3S. The number of halogens is 1. The quantitative estimate of drug-likeness (QED) is 0.353. The Labute approximate surface area is 131 Å². The first-order valence-corrected chi connectivity index (χ1v) is 7.84. The number of amides is 1. The number of hydrogen-bond acceptors (Lipinski definition) is 4. The van der Waals surface area contributed by atoms with Crippen LogP contribution in [0.3, 0.4) is 0 Å². The van der Waals surface area contributed by atoms with Gasteiger partial charge in [0.05, 0.1) is 0 Å². The highest BCUT2D eigenvalue weighted by Gasteiger charge is 2.04. The maximum atomic E-state index is 11.4. The van der Waals surface area contributed by atoms with Gasteiger partial charge < -0.3 is 10.1 Å². The number of rotatable bonds is 7. The average molecular weight is 358 g/mol. The van der Waals surface area contributed by atoms with Gasteiger partial charge in [-0.05, 0) is 31.2 Å². The molecule has 0 aliphatic carbocycles. The van der Waals surface area contributed by atoms with Crippen LogP contribution >= 0.6 is 27.7 Å². The van der Waals surface area contributed by atoms with E-state index in [1.165, 1.54) is 6.08 Å². The Hall–Kier alpha value is -1.27. The summed E-state index contributed by atoms with van der Waals surface area (Å²) in [7, 11) is 0. The predicted molar refractivity (Wildman–Crippen MR) is 83.6 cm³/mol. The monoisotopic (exact) mass is 357 g/mol. The van der Waals surface area contributed by atoms with E-state index in [4.69, 9.17) is 4.74 Å². The second kappa shape index (κ2) is 9.61. The highest BCUT2D eigenvalue weighted by Crippen LogP contribution is 2.19. The lowest BCUT2D eigenvalue weighted by atomic mass is 10.4. The molecule has 1 aromatic carbocycles. The highest BCUT2D eigenvalue weighted by molar-refractivity contribution is 9.10. The first-order chi connectivity index (χ1) is 9.61. The summed E-state index contributed by atoms with van der Waals surface area (Å²) in [6.07, 6.45) is 2.84. The molecule has 0 spiro atoms. The van der Waals surface area contributed by atoms with Gasteiger partial charge in [0.15, 0.2) is 6.61 Å². The minimum atomic E-state index is -0.508. The Bertz CT molecular complexity index is 474. The summed E-state index contributed by atoms with van der Waals surface area (Å²) in [6, 6.07) is 7.97. The molecule has 0 unspecified atom stereocenters. The van der Waals surface area contributed by atoms with E-state index in [9.17, 15) is 9.59 Å². The standard InChI is InChI=1S/C14H16BrNO3S/c1-2-3-14(18)19-10-13(17)16-8-9-20-12-6-4-11(15)5-7-12/h2-7H,8-10H2,1H3,(H,16,17)/b3-2+. The Kier molecular flexibility index (Phi) is 8.06. The van der Waals surface area contributed by atoms with Gasteiger partial charge in [-0.25, -0.2) is 4.79 Å². The van der Waals surface area contributed by atoms with Crippen LogP contribution in [0.2, 0.25) is 0 Å². The number of carbonyl (C=O) groups excluding carboxylic acids is 2. The van der Waals surface area contributed by atoms with Gasteiger partial charge in [0.25, 0.3) is 5.91 Å². The van der Waals surface area contributed by atoms with Crippen LogP contribution in [0.1, 0.15) is 6.92 Å². The topological polar surface area (TPSA) is 55.4 Å². The highest BCUT2D eigenvalue weighted by atomic mass is 79.9. The summed E-state index contributed by atoms with van der Waals surface area (Å²) < 4.78 is 5.76. The molecule has 0 heterocycles. The van der Waals surface area contributed by atoms with Gasteiger partial charge in [0.2, 0.25) is 0 Å². The zero-order valence-corrected chi connectivity index (χ0v) is 13.5. The van der Waals surface area contributed by atoms with Crippen molar-refractivity contribution < 1.29 is 14.3 Å². The van der Waals surface area contributed by atoms with E-state index >= 15 is 0 Å². The summed E-state index contributed by atoms with van der Waals surface area (Å²) in [6.45, 7) is 1.99. The SMILES string of the molecule is C/C=C/C(=O)OCC(=O)NCCSc1ccc(Br)cc1. The zero-order chi connectivity index (χ0) is 14.8. The average Bonchev–Trinajstić information content (AvgIpc) is 2.43. The minimum Gasteiger partial charge on any atom is -0.452 e. The summed E-state index contributed by atoms with van der Waals surface area (Å²) >= 11 is 5.02. The van der Waals surface area contributed by atoms with E-state index in [0.717, 1.165) is 15.1 Å². The number of thioether (sulfide) groups is 1. The van der Waals surface area contributed by atoms with E-state index in [2.05, 4.69) is 21.2 Å². The molecule has 0 atom stereocenters. The van der Waals surface area contributed by atoms with E-state index in [-0.39, 0.29) is 12.5 Å². The molecule has 20 heavy (non-hydrogen) atoms. The van der Waals surface area contributed by atoms with Crippen molar-refractivity contribution in [1.29, 1.82) is 0 Å². The lowest BCUT2D eigenvalue weighted by Gasteiger charge is -2.05. The lowest BCUT2D eigenvalue weighted by Crippen LogP contribution is -2.30. The molecule has 1 aromatic rings. The maximum absolute atomic E-state index is 11.4. The summed E-state index contributed by atoms with van der Waals surface area (Å²) in [5, 5.41) is 2.69. The van der Waals surface area contributed by atoms with Crippen molar-refractivity contribution in [1.82, 2.24) is 5.32 Å². The van der Waals surface area contributed by atoms with Crippen molar-refractivity contribution in [3.63, 3.8) is 0 Å². The van der Waals surface area contributed by atoms with Crippen molar-refractivity contribution in [2.24, 2.45) is 0 Å². The van der Waals surface area contributed by atoms with E-state index in [0.29, 0.717) is 6.54 Å². The summed E-state index contributed by atoms with van der Waals surface area (Å²) in [5.74, 6) is -0.0398. The lowest BCUT2D eigenvalue weighted by molar-refractivity contribution is -0.143. The number of hydrogen-bond donors (Lipinski definition) is 1. The molecule has 6 heteroatoms. The molecule has 4 nitrogen and oxygen atoms in total. The number of benzene rings is 1. The van der Waals surface area contributed by atoms with E-state index in [1.807, 2.05) is 24.3 Å². The van der Waals surface area contributed by atoms with E-state index in [1.54, 1.807) is 24.8 Å². The van der Waals surface area contributed by atoms with Gasteiger partial charge in [-0.1, -0.05) is 22.0 Å². The molecule has 1 N–H and O–H groups in total. The molecule has 0 saturated carbocycles. The van der Waals surface area contributed by atoms with Crippen molar-refractivity contribution in [2.75, 3.05) is 18.9 Å². The van der Waals surface area contributed by atoms with Gasteiger partial charge in [0.1, 0.15) is 0 Å². The van der Waals surface area contributed by atoms with Crippen molar-refractivity contribution in [3.05, 3.63) is 40.9 Å². The molecule has 0 radical (unpaired) electrons. The van der Waals surface area contributed by atoms with Gasteiger partial charge in [-0.15, -0.1) is 11.8 Å². The van der Waals surface area contributed by atoms with Crippen molar-refractivity contribution in [3.8, 4) is 0 Å². The van der Waals surface area contributed by atoms with Crippen LogP contribution in [0.25, 0.3) is 0 Å². The van der Waals surface area contributed by atoms with Crippen LogP contribution in [0.4, 0.5) is 0 Å². The van der Waals surface area contributed by atoms with Crippen LogP contribution in [-0.4, -0.2) is 30.8 Å². The number of nitrogens with one attached hydrogen (secondary N) is 1. The Morgan fingerprint density at radius 3 is 2.70 bits per heavy atom. The second-order valence-corrected chi connectivity index (χ2v) is 5.84. The third-order valence-electron chi connectivity index (χ3n) is 2.15. The van der Waals surface area contributed by atoms with Gasteiger partial charge in [-0.3, -0.25) is 4.79 Å². The molecule has 1 rings (SSSR count). The third-order valence-corrected chi connectivity index (χ3v) is 3.70. The van der Waals surface area contributed by atoms with Gasteiger partial charge in [-0.2, -0.15) is 0 Å². The smallest absolute Gasteiger partial charge is 0.330 e. The molecule has 108 valence electrons. The fourth-order valence-electron chi connectivity index (χ4n) is 1.26. The number of ether oxygens (including phenoxy) is 1. The molecule has 0 bridgehead atoms. The van der Waals surface area contributed by atoms with E-state index < -0.39 is 5.97 Å². The maximum Gasteiger partial charge on any atom is 0.330 e. The molecule has 0 aromatic heterocycles. The fraction of sp³-hybridized carbons (Fsp3) is 0.286.